The second-order valence-corrected chi connectivity index (χ2v) is 7.45. The van der Waals surface area contributed by atoms with Gasteiger partial charge in [-0.1, -0.05) is 0 Å². The maximum atomic E-state index is 12.3. The van der Waals surface area contributed by atoms with Crippen LogP contribution in [0.3, 0.4) is 0 Å². The van der Waals surface area contributed by atoms with E-state index in [0.717, 1.165) is 19.6 Å². The number of piperazine rings is 1. The van der Waals surface area contributed by atoms with Crippen LogP contribution in [0.2, 0.25) is 0 Å². The topological polar surface area (TPSA) is 77.8 Å². The quantitative estimate of drug-likeness (QED) is 0.732. The van der Waals surface area contributed by atoms with E-state index in [2.05, 4.69) is 14.5 Å². The summed E-state index contributed by atoms with van der Waals surface area (Å²) in [4.78, 5) is 4.57. The molecule has 1 saturated heterocycles. The summed E-state index contributed by atoms with van der Waals surface area (Å²) in [5.41, 5.74) is 0.574. The van der Waals surface area contributed by atoms with Gasteiger partial charge in [0.05, 0.1) is 11.5 Å². The van der Waals surface area contributed by atoms with E-state index in [9.17, 15) is 8.42 Å². The lowest BCUT2D eigenvalue weighted by atomic mass is 10.2. The zero-order valence-electron chi connectivity index (χ0n) is 12.8. The predicted octanol–water partition coefficient (Wildman–Crippen LogP) is -0.958. The van der Waals surface area contributed by atoms with Gasteiger partial charge in [-0.25, -0.2) is 13.1 Å². The molecule has 1 fully saturated rings. The van der Waals surface area contributed by atoms with Crippen LogP contribution in [0.5, 0.6) is 0 Å². The molecule has 1 atom stereocenters. The fourth-order valence-corrected chi connectivity index (χ4v) is 3.66. The van der Waals surface area contributed by atoms with E-state index in [1.54, 1.807) is 11.6 Å². The van der Waals surface area contributed by atoms with Gasteiger partial charge in [-0.15, -0.1) is 0 Å². The second kappa shape index (κ2) is 6.45. The van der Waals surface area contributed by atoms with Gasteiger partial charge in [0.25, 0.3) is 0 Å². The van der Waals surface area contributed by atoms with Crippen molar-refractivity contribution < 1.29 is 13.5 Å². The van der Waals surface area contributed by atoms with Crippen molar-refractivity contribution in [3.63, 3.8) is 0 Å². The number of sulfonamides is 1. The summed E-state index contributed by atoms with van der Waals surface area (Å²) < 4.78 is 28.9. The van der Waals surface area contributed by atoms with Crippen molar-refractivity contribution >= 4 is 10.0 Å². The number of nitrogens with zero attached hydrogens (tertiary/aromatic N) is 3. The number of rotatable bonds is 5. The lowest BCUT2D eigenvalue weighted by molar-refractivity contribution is 0.117. The van der Waals surface area contributed by atoms with Crippen molar-refractivity contribution in [2.24, 2.45) is 7.05 Å². The molecule has 0 radical (unpaired) electrons. The van der Waals surface area contributed by atoms with Crippen molar-refractivity contribution in [1.29, 1.82) is 0 Å². The van der Waals surface area contributed by atoms with E-state index in [0.29, 0.717) is 12.2 Å². The Morgan fingerprint density at radius 2 is 2.05 bits per heavy atom. The molecule has 2 heterocycles. The van der Waals surface area contributed by atoms with Gasteiger partial charge in [0.15, 0.2) is 0 Å². The molecule has 21 heavy (non-hydrogen) atoms. The lowest BCUT2D eigenvalue weighted by Crippen LogP contribution is -2.54. The first-order chi connectivity index (χ1) is 9.83. The van der Waals surface area contributed by atoms with Gasteiger partial charge in [-0.2, -0.15) is 0 Å². The molecule has 0 spiro atoms. The Morgan fingerprint density at radius 3 is 2.67 bits per heavy atom. The van der Waals surface area contributed by atoms with E-state index in [1.807, 2.05) is 14.1 Å². The first kappa shape index (κ1) is 16.4. The minimum Gasteiger partial charge on any atom is -0.390 e. The summed E-state index contributed by atoms with van der Waals surface area (Å²) in [5.74, 6) is 0. The molecule has 2 rings (SSSR count). The first-order valence-corrected chi connectivity index (χ1v) is 8.46. The molecule has 120 valence electrons. The summed E-state index contributed by atoms with van der Waals surface area (Å²) >= 11 is 0. The molecule has 1 aromatic rings. The van der Waals surface area contributed by atoms with Crippen LogP contribution < -0.4 is 4.72 Å². The fourth-order valence-electron chi connectivity index (χ4n) is 2.49. The zero-order chi connectivity index (χ0) is 15.6. The molecule has 0 aliphatic carbocycles. The van der Waals surface area contributed by atoms with Gasteiger partial charge in [0, 0.05) is 51.2 Å². The Morgan fingerprint density at radius 1 is 1.33 bits per heavy atom. The molecule has 1 unspecified atom stereocenters. The average molecular weight is 316 g/mol. The molecule has 0 amide bonds. The van der Waals surface area contributed by atoms with Crippen LogP contribution >= 0.6 is 0 Å². The van der Waals surface area contributed by atoms with E-state index in [1.165, 1.54) is 12.3 Å². The van der Waals surface area contributed by atoms with Crippen molar-refractivity contribution in [2.45, 2.75) is 17.5 Å². The molecular weight excluding hydrogens is 292 g/mol. The van der Waals surface area contributed by atoms with Gasteiger partial charge < -0.3 is 14.6 Å². The number of aromatic nitrogens is 1. The highest BCUT2D eigenvalue weighted by Gasteiger charge is 2.25. The summed E-state index contributed by atoms with van der Waals surface area (Å²) in [6.07, 6.45) is 1.52. The third-order valence-electron chi connectivity index (χ3n) is 4.04. The Labute approximate surface area is 126 Å². The van der Waals surface area contributed by atoms with E-state index >= 15 is 0 Å². The molecule has 1 aliphatic rings. The number of nitrogens with one attached hydrogen (secondary N) is 1. The van der Waals surface area contributed by atoms with Gasteiger partial charge in [0.1, 0.15) is 0 Å². The molecule has 1 aliphatic heterocycles. The highest BCUT2D eigenvalue weighted by Crippen LogP contribution is 2.14. The minimum atomic E-state index is -3.54. The largest absolute Gasteiger partial charge is 0.390 e. The van der Waals surface area contributed by atoms with E-state index in [-0.39, 0.29) is 17.5 Å². The third-order valence-corrected chi connectivity index (χ3v) is 5.43. The Bertz CT molecular complexity index is 584. The number of aliphatic hydroxyl groups is 1. The zero-order valence-corrected chi connectivity index (χ0v) is 13.6. The third kappa shape index (κ3) is 3.83. The molecule has 8 heteroatoms. The predicted molar refractivity (Wildman–Crippen MR) is 80.4 cm³/mol. The van der Waals surface area contributed by atoms with Crippen LogP contribution in [0.4, 0.5) is 0 Å². The normalized spacial score (nSPS) is 21.8. The van der Waals surface area contributed by atoms with E-state index < -0.39 is 10.0 Å². The van der Waals surface area contributed by atoms with Crippen LogP contribution in [0.15, 0.2) is 17.2 Å². The summed E-state index contributed by atoms with van der Waals surface area (Å²) in [6, 6.07) is 1.67. The van der Waals surface area contributed by atoms with Crippen molar-refractivity contribution in [1.82, 2.24) is 19.1 Å². The standard InChI is InChI=1S/C13H24N4O3S/c1-15-4-5-16(2)12(8-15)7-14-21(19,20)13-6-11(10-18)17(3)9-13/h6,9,12,14,18H,4-5,7-8,10H2,1-3H3. The van der Waals surface area contributed by atoms with Crippen molar-refractivity contribution in [3.8, 4) is 0 Å². The molecule has 1 aromatic heterocycles. The second-order valence-electron chi connectivity index (χ2n) is 5.68. The smallest absolute Gasteiger partial charge is 0.242 e. The van der Waals surface area contributed by atoms with Crippen LogP contribution in [0.1, 0.15) is 5.69 Å². The van der Waals surface area contributed by atoms with Crippen molar-refractivity contribution in [3.05, 3.63) is 18.0 Å². The Kier molecular flexibility index (Phi) is 5.05. The van der Waals surface area contributed by atoms with Crippen LogP contribution in [0, 0.1) is 0 Å². The summed E-state index contributed by atoms with van der Waals surface area (Å²) in [5, 5.41) is 9.15. The van der Waals surface area contributed by atoms with Crippen LogP contribution in [0.25, 0.3) is 0 Å². The molecular formula is C13H24N4O3S. The van der Waals surface area contributed by atoms with Gasteiger partial charge in [0.2, 0.25) is 10.0 Å². The summed E-state index contributed by atoms with van der Waals surface area (Å²) in [6.45, 7) is 2.98. The SMILES string of the molecule is CN1CCN(C)C(CNS(=O)(=O)c2cc(CO)n(C)c2)C1. The van der Waals surface area contributed by atoms with Crippen LogP contribution in [-0.2, 0) is 23.7 Å². The Hall–Kier alpha value is -0.930. The van der Waals surface area contributed by atoms with Gasteiger partial charge in [-0.05, 0) is 20.2 Å². The maximum Gasteiger partial charge on any atom is 0.242 e. The number of aliphatic hydroxyl groups excluding tert-OH is 1. The van der Waals surface area contributed by atoms with Crippen molar-refractivity contribution in [2.75, 3.05) is 40.3 Å². The molecule has 0 bridgehead atoms. The molecule has 0 aromatic carbocycles. The Balaban J connectivity index is 2.03. The summed E-state index contributed by atoms with van der Waals surface area (Å²) in [7, 11) is 2.23. The minimum absolute atomic E-state index is 0.166. The molecule has 2 N–H and O–H groups in total. The van der Waals surface area contributed by atoms with Gasteiger partial charge in [-0.3, -0.25) is 4.90 Å². The highest BCUT2D eigenvalue weighted by atomic mass is 32.2. The number of hydrogen-bond acceptors (Lipinski definition) is 5. The average Bonchev–Trinajstić information content (AvgIpc) is 2.82. The monoisotopic (exact) mass is 316 g/mol. The number of likely N-dealkylation sites (N-methyl/N-ethyl adjacent to an activating group) is 2. The highest BCUT2D eigenvalue weighted by molar-refractivity contribution is 7.89. The number of aryl methyl sites for hydroxylation is 1. The lowest BCUT2D eigenvalue weighted by Gasteiger charge is -2.37. The van der Waals surface area contributed by atoms with Gasteiger partial charge >= 0.3 is 0 Å². The maximum absolute atomic E-state index is 12.3. The van der Waals surface area contributed by atoms with E-state index in [4.69, 9.17) is 5.11 Å². The molecule has 7 nitrogen and oxygen atoms in total. The van der Waals surface area contributed by atoms with Crippen LogP contribution in [-0.4, -0.2) is 74.2 Å². The number of hydrogen-bond donors (Lipinski definition) is 2. The first-order valence-electron chi connectivity index (χ1n) is 6.98. The molecule has 0 saturated carbocycles. The fraction of sp³-hybridized carbons (Fsp3) is 0.692.